The van der Waals surface area contributed by atoms with Crippen LogP contribution in [0.3, 0.4) is 0 Å². The molecule has 2 N–H and O–H groups in total. The predicted molar refractivity (Wildman–Crippen MR) is 75.3 cm³/mol. The standard InChI is InChI=1S/C13H24N2O3S/c1-10(2)7-8-15-19(16,17)13-6-5-12(18-13)9-14-11(3)4/h5-6,10-11,14-15H,7-9H2,1-4H3. The zero-order valence-electron chi connectivity index (χ0n) is 12.1. The van der Waals surface area contributed by atoms with Crippen LogP contribution in [0.15, 0.2) is 21.6 Å². The van der Waals surface area contributed by atoms with E-state index in [0.717, 1.165) is 6.42 Å². The monoisotopic (exact) mass is 288 g/mol. The molecule has 0 aliphatic heterocycles. The SMILES string of the molecule is CC(C)CCNS(=O)(=O)c1ccc(CNC(C)C)o1. The molecule has 110 valence electrons. The fourth-order valence-electron chi connectivity index (χ4n) is 1.46. The first-order valence-electron chi connectivity index (χ1n) is 6.63. The molecule has 1 aromatic heterocycles. The minimum Gasteiger partial charge on any atom is -0.447 e. The zero-order valence-corrected chi connectivity index (χ0v) is 12.9. The Morgan fingerprint density at radius 3 is 2.47 bits per heavy atom. The number of hydrogen-bond donors (Lipinski definition) is 2. The second kappa shape index (κ2) is 7.07. The summed E-state index contributed by atoms with van der Waals surface area (Å²) >= 11 is 0. The van der Waals surface area contributed by atoms with E-state index in [1.165, 1.54) is 6.07 Å². The van der Waals surface area contributed by atoms with E-state index in [9.17, 15) is 8.42 Å². The van der Waals surface area contributed by atoms with Crippen molar-refractivity contribution in [3.8, 4) is 0 Å². The van der Waals surface area contributed by atoms with Gasteiger partial charge in [0.05, 0.1) is 6.54 Å². The van der Waals surface area contributed by atoms with E-state index in [2.05, 4.69) is 23.9 Å². The van der Waals surface area contributed by atoms with Gasteiger partial charge in [-0.25, -0.2) is 13.1 Å². The lowest BCUT2D eigenvalue weighted by molar-refractivity contribution is 0.392. The molecule has 0 saturated heterocycles. The molecule has 1 rings (SSSR count). The van der Waals surface area contributed by atoms with Gasteiger partial charge >= 0.3 is 0 Å². The third-order valence-electron chi connectivity index (χ3n) is 2.60. The van der Waals surface area contributed by atoms with Crippen LogP contribution in [0.2, 0.25) is 0 Å². The number of rotatable bonds is 8. The molecule has 0 unspecified atom stereocenters. The van der Waals surface area contributed by atoms with Crippen LogP contribution in [0, 0.1) is 5.92 Å². The summed E-state index contributed by atoms with van der Waals surface area (Å²) in [5.74, 6) is 1.09. The van der Waals surface area contributed by atoms with Crippen molar-refractivity contribution in [2.75, 3.05) is 6.54 Å². The van der Waals surface area contributed by atoms with Gasteiger partial charge in [0.15, 0.2) is 0 Å². The van der Waals surface area contributed by atoms with Crippen LogP contribution in [0.25, 0.3) is 0 Å². The molecular formula is C13H24N2O3S. The molecule has 0 aliphatic carbocycles. The van der Waals surface area contributed by atoms with Crippen LogP contribution in [-0.4, -0.2) is 21.0 Å². The maximum Gasteiger partial charge on any atom is 0.273 e. The fourth-order valence-corrected chi connectivity index (χ4v) is 2.45. The van der Waals surface area contributed by atoms with Crippen molar-refractivity contribution in [3.63, 3.8) is 0 Å². The quantitative estimate of drug-likeness (QED) is 0.768. The Morgan fingerprint density at radius 1 is 1.21 bits per heavy atom. The van der Waals surface area contributed by atoms with Gasteiger partial charge in [0.2, 0.25) is 5.09 Å². The average molecular weight is 288 g/mol. The van der Waals surface area contributed by atoms with Gasteiger partial charge in [-0.2, -0.15) is 0 Å². The van der Waals surface area contributed by atoms with Crippen molar-refractivity contribution >= 4 is 10.0 Å². The number of furan rings is 1. The lowest BCUT2D eigenvalue weighted by Gasteiger charge is -2.07. The van der Waals surface area contributed by atoms with Gasteiger partial charge in [0.1, 0.15) is 5.76 Å². The van der Waals surface area contributed by atoms with Crippen molar-refractivity contribution in [1.29, 1.82) is 0 Å². The third kappa shape index (κ3) is 5.76. The number of sulfonamides is 1. The highest BCUT2D eigenvalue weighted by Crippen LogP contribution is 2.14. The lowest BCUT2D eigenvalue weighted by Crippen LogP contribution is -2.25. The van der Waals surface area contributed by atoms with E-state index in [1.54, 1.807) is 6.07 Å². The Labute approximate surface area is 115 Å². The number of hydrogen-bond acceptors (Lipinski definition) is 4. The van der Waals surface area contributed by atoms with Crippen LogP contribution >= 0.6 is 0 Å². The molecule has 0 spiro atoms. The van der Waals surface area contributed by atoms with Crippen molar-refractivity contribution in [3.05, 3.63) is 17.9 Å². The molecule has 0 fully saturated rings. The lowest BCUT2D eigenvalue weighted by atomic mass is 10.1. The smallest absolute Gasteiger partial charge is 0.273 e. The molecule has 0 aromatic carbocycles. The van der Waals surface area contributed by atoms with Gasteiger partial charge in [0, 0.05) is 12.6 Å². The summed E-state index contributed by atoms with van der Waals surface area (Å²) in [6.45, 7) is 9.11. The molecule has 19 heavy (non-hydrogen) atoms. The summed E-state index contributed by atoms with van der Waals surface area (Å²) in [6.07, 6.45) is 0.807. The van der Waals surface area contributed by atoms with E-state index < -0.39 is 10.0 Å². The molecular weight excluding hydrogens is 264 g/mol. The Bertz CT molecular complexity index is 478. The summed E-state index contributed by atoms with van der Waals surface area (Å²) in [5, 5.41) is 3.16. The largest absolute Gasteiger partial charge is 0.447 e. The first-order valence-corrected chi connectivity index (χ1v) is 8.11. The highest BCUT2D eigenvalue weighted by atomic mass is 32.2. The minimum absolute atomic E-state index is 0.0168. The van der Waals surface area contributed by atoms with Crippen molar-refractivity contribution in [1.82, 2.24) is 10.0 Å². The molecule has 5 nitrogen and oxygen atoms in total. The molecule has 0 bridgehead atoms. The molecule has 6 heteroatoms. The maximum atomic E-state index is 11.9. The zero-order chi connectivity index (χ0) is 14.5. The summed E-state index contributed by atoms with van der Waals surface area (Å²) in [7, 11) is -3.52. The van der Waals surface area contributed by atoms with Gasteiger partial charge < -0.3 is 9.73 Å². The van der Waals surface area contributed by atoms with E-state index >= 15 is 0 Å². The molecule has 0 atom stereocenters. The van der Waals surface area contributed by atoms with Crippen molar-refractivity contribution in [2.24, 2.45) is 5.92 Å². The summed E-state index contributed by atoms with van der Waals surface area (Å²) in [6, 6.07) is 3.51. The normalized spacial score (nSPS) is 12.5. The second-order valence-corrected chi connectivity index (χ2v) is 7.03. The molecule has 0 amide bonds. The van der Waals surface area contributed by atoms with Gasteiger partial charge in [-0.3, -0.25) is 0 Å². The fraction of sp³-hybridized carbons (Fsp3) is 0.692. The van der Waals surface area contributed by atoms with Gasteiger partial charge in [-0.15, -0.1) is 0 Å². The molecule has 0 radical (unpaired) electrons. The first-order chi connectivity index (χ1) is 8.81. The van der Waals surface area contributed by atoms with Crippen LogP contribution < -0.4 is 10.0 Å². The molecule has 0 saturated carbocycles. The van der Waals surface area contributed by atoms with E-state index in [-0.39, 0.29) is 5.09 Å². The predicted octanol–water partition coefficient (Wildman–Crippen LogP) is 2.10. The van der Waals surface area contributed by atoms with Crippen LogP contribution in [0.1, 0.15) is 39.9 Å². The summed E-state index contributed by atoms with van der Waals surface area (Å²) in [4.78, 5) is 0. The molecule has 1 aromatic rings. The summed E-state index contributed by atoms with van der Waals surface area (Å²) in [5.41, 5.74) is 0. The Morgan fingerprint density at radius 2 is 1.89 bits per heavy atom. The Kier molecular flexibility index (Phi) is 6.03. The summed E-state index contributed by atoms with van der Waals surface area (Å²) < 4.78 is 31.8. The van der Waals surface area contributed by atoms with Crippen LogP contribution in [-0.2, 0) is 16.6 Å². The van der Waals surface area contributed by atoms with Crippen LogP contribution in [0.4, 0.5) is 0 Å². The van der Waals surface area contributed by atoms with E-state index in [0.29, 0.717) is 30.8 Å². The van der Waals surface area contributed by atoms with Crippen molar-refractivity contribution < 1.29 is 12.8 Å². The first kappa shape index (κ1) is 16.2. The maximum absolute atomic E-state index is 11.9. The van der Waals surface area contributed by atoms with Gasteiger partial charge in [-0.05, 0) is 24.5 Å². The average Bonchev–Trinajstić information content (AvgIpc) is 2.74. The van der Waals surface area contributed by atoms with Gasteiger partial charge in [-0.1, -0.05) is 27.7 Å². The van der Waals surface area contributed by atoms with Crippen LogP contribution in [0.5, 0.6) is 0 Å². The van der Waals surface area contributed by atoms with Gasteiger partial charge in [0.25, 0.3) is 10.0 Å². The topological polar surface area (TPSA) is 71.3 Å². The Hall–Kier alpha value is -0.850. The molecule has 0 aliphatic rings. The van der Waals surface area contributed by atoms with E-state index in [1.807, 2.05) is 13.8 Å². The number of nitrogens with one attached hydrogen (secondary N) is 2. The highest BCUT2D eigenvalue weighted by Gasteiger charge is 2.18. The Balaban J connectivity index is 2.58. The molecule has 1 heterocycles. The second-order valence-electron chi connectivity index (χ2n) is 5.34. The van der Waals surface area contributed by atoms with Crippen molar-refractivity contribution in [2.45, 2.75) is 51.8 Å². The highest BCUT2D eigenvalue weighted by molar-refractivity contribution is 7.89. The third-order valence-corrected chi connectivity index (χ3v) is 3.93. The van der Waals surface area contributed by atoms with E-state index in [4.69, 9.17) is 4.42 Å². The minimum atomic E-state index is -3.52.